The van der Waals surface area contributed by atoms with E-state index in [1.54, 1.807) is 88.8 Å². The van der Waals surface area contributed by atoms with Gasteiger partial charge in [-0.1, -0.05) is 176 Å². The number of aromatic nitrogens is 2. The lowest BCUT2D eigenvalue weighted by molar-refractivity contribution is -0.120. The Morgan fingerprint density at radius 1 is 0.348 bits per heavy atom. The van der Waals surface area contributed by atoms with Crippen molar-refractivity contribution < 1.29 is 86.1 Å². The molecular formula is C106H158B3Br3N6O20. The zero-order valence-electron chi connectivity index (χ0n) is 88.3. The van der Waals surface area contributed by atoms with Crippen molar-refractivity contribution in [2.24, 2.45) is 37.8 Å². The van der Waals surface area contributed by atoms with Crippen molar-refractivity contribution in [3.63, 3.8) is 0 Å². The maximum Gasteiger partial charge on any atom is 0.494 e. The molecule has 32 heteroatoms. The molecule has 3 N–H and O–H groups in total. The van der Waals surface area contributed by atoms with Gasteiger partial charge >= 0.3 is 45.5 Å². The normalized spacial score (nSPS) is 25.0. The first-order chi connectivity index (χ1) is 63.3. The highest BCUT2D eigenvalue weighted by Crippen LogP contribution is 2.49. The fourth-order valence-electron chi connectivity index (χ4n) is 18.5. The quantitative estimate of drug-likeness (QED) is 0.0305. The number of amides is 4. The second kappa shape index (κ2) is 44.0. The highest BCUT2D eigenvalue weighted by Gasteiger charge is 2.64. The standard InChI is InChI=1S/C25H40BNO5.C25H34N2O4.C19H26BrNO3.C19H28BrNO3.C12H24B2O4.C6H6BrNO/c1-17(2)25(16-22(4,5)29)14-15-27(21(28)30-25)18(3)19-10-12-20(13-11-19)26-31-23(6,7)24(8,9)32-26;1-17(2)25(16-24(4,5)30)12-14-27(23(29)31-25)18(3)19-7-9-20(10-8-19)21-11-13-26(6)22(28)15-21;1-13(2)19(11-18(4)12-23-18)9-10-21(17(22)24-19)14(3)15-5-7-16(20)8-6-15;1-13(2)19(12-18(4,5)23)10-11-21(17(22)24-19)14(3)15-6-8-16(20)9-7-15;1-9(2)10(3,4)16-13(15-9)14-17-11(5,6)12(7,8)18-14;1-8-3-2-5(7)4-6(8)9/h10-13,17-18,29H,14-16H2,1-9H3;7-11,13,15,17-18,30H,12,14,16H2,1-6H3;5-8,13-14H,9-12H2,1-4H3;6-9,13-14,23H,10-12H2,1-5H3;1-8H3;2-4H,1H3/t2*18-,25-;14-,18?,19-;14-,19-;;/m0000../s1. The van der Waals surface area contributed by atoms with Crippen LogP contribution < -0.4 is 16.6 Å². The topological polar surface area (TPSA) is 291 Å². The van der Waals surface area contributed by atoms with Crippen LogP contribution in [0.4, 0.5) is 19.2 Å². The lowest BCUT2D eigenvalue weighted by Gasteiger charge is -2.47. The Morgan fingerprint density at radius 3 is 0.870 bits per heavy atom. The van der Waals surface area contributed by atoms with E-state index >= 15 is 0 Å². The van der Waals surface area contributed by atoms with E-state index in [4.69, 9.17) is 51.6 Å². The fourth-order valence-corrected chi connectivity index (χ4v) is 19.3. The van der Waals surface area contributed by atoms with E-state index < -0.39 is 60.3 Å². The number of cyclic esters (lactones) is 4. The van der Waals surface area contributed by atoms with Gasteiger partial charge in [0, 0.05) is 130 Å². The van der Waals surface area contributed by atoms with E-state index in [-0.39, 0.29) is 123 Å². The van der Waals surface area contributed by atoms with Crippen molar-refractivity contribution >= 4 is 98.8 Å². The molecule has 6 aromatic rings. The van der Waals surface area contributed by atoms with Crippen LogP contribution in [-0.4, -0.2) is 201 Å². The molecule has 2 aromatic heterocycles. The minimum atomic E-state index is -0.910. The van der Waals surface area contributed by atoms with Gasteiger partial charge in [0.05, 0.1) is 86.8 Å². The summed E-state index contributed by atoms with van der Waals surface area (Å²) in [6.07, 6.45) is 7.30. The van der Waals surface area contributed by atoms with E-state index in [0.29, 0.717) is 58.3 Å². The molecule has 14 rings (SSSR count). The second-order valence-electron chi connectivity index (χ2n) is 45.6. The van der Waals surface area contributed by atoms with Crippen molar-refractivity contribution in [1.82, 2.24) is 28.7 Å². The Morgan fingerprint density at radius 2 is 0.609 bits per heavy atom. The highest BCUT2D eigenvalue weighted by molar-refractivity contribution is 9.11. The molecule has 0 aliphatic carbocycles. The van der Waals surface area contributed by atoms with Gasteiger partial charge in [-0.25, -0.2) is 19.2 Å². The number of pyridine rings is 2. The number of ether oxygens (including phenoxy) is 5. The van der Waals surface area contributed by atoms with Crippen LogP contribution in [0.5, 0.6) is 0 Å². The largest absolute Gasteiger partial charge is 0.494 e. The first-order valence-corrected chi connectivity index (χ1v) is 51.3. The van der Waals surface area contributed by atoms with Crippen LogP contribution in [-0.2, 0) is 65.7 Å². The first kappa shape index (κ1) is 115. The Labute approximate surface area is 848 Å². The van der Waals surface area contributed by atoms with Gasteiger partial charge in [-0.3, -0.25) is 9.59 Å². The smallest absolute Gasteiger partial charge is 0.442 e. The Hall–Kier alpha value is -6.91. The lowest BCUT2D eigenvalue weighted by atomic mass is 9.49. The maximum atomic E-state index is 13.0. The summed E-state index contributed by atoms with van der Waals surface area (Å²) in [5.74, 6) is 0.651. The molecule has 8 aliphatic rings. The average molecular weight is 2110 g/mol. The third-order valence-corrected chi connectivity index (χ3v) is 31.7. The molecule has 0 bridgehead atoms. The Kier molecular flexibility index (Phi) is 36.5. The summed E-state index contributed by atoms with van der Waals surface area (Å²) < 4.78 is 71.5. The summed E-state index contributed by atoms with van der Waals surface area (Å²) >= 11 is 10.1. The predicted octanol–water partition coefficient (Wildman–Crippen LogP) is 22.2. The zero-order chi connectivity index (χ0) is 104. The molecule has 8 aliphatic heterocycles. The molecule has 8 saturated heterocycles. The van der Waals surface area contributed by atoms with E-state index in [1.165, 1.54) is 15.2 Å². The van der Waals surface area contributed by atoms with Crippen LogP contribution in [0.25, 0.3) is 11.1 Å². The Bertz CT molecular complexity index is 5070. The van der Waals surface area contributed by atoms with Crippen LogP contribution in [0, 0.1) is 23.7 Å². The number of aryl methyl sites for hydroxylation is 2. The molecule has 1 unspecified atom stereocenters. The third-order valence-electron chi connectivity index (χ3n) is 30.1. The zero-order valence-corrected chi connectivity index (χ0v) is 93.1. The van der Waals surface area contributed by atoms with Crippen molar-refractivity contribution in [3.8, 4) is 11.1 Å². The van der Waals surface area contributed by atoms with E-state index in [2.05, 4.69) is 75.5 Å². The lowest BCUT2D eigenvalue weighted by Crippen LogP contribution is -2.55. The van der Waals surface area contributed by atoms with Crippen molar-refractivity contribution in [3.05, 3.63) is 190 Å². The molecule has 9 atom stereocenters. The number of aliphatic hydroxyl groups is 3. The van der Waals surface area contributed by atoms with Gasteiger partial charge < -0.3 is 95.7 Å². The number of rotatable bonds is 23. The SMILES string of the molecule is CC(C)[C@@]1(CC(C)(C)O)CCN([C@@H](C)c2ccc(-c3ccn(C)c(=O)c3)cc2)C(=O)O1.CC(C)[C@@]1(CC(C)(C)O)CCN([C@@H](C)c2ccc(B3OC(C)(C)C(C)(C)O3)cc2)C(=O)O1.CC(C)[C@@]1(CC(C)(C)O)CCN([C@@H](C)c2ccc(Br)cc2)C(=O)O1.CC(C)[C@@]1(CC2(C)CO2)CCN([C@@H](C)c2ccc(Br)cc2)C(=O)O1.CC1(C)OB(B2OC(C)(C)C(C)(C)O2)OC1(C)C.Cn1ccc(Br)cc1=O. The summed E-state index contributed by atoms with van der Waals surface area (Å²) in [6.45, 7) is 64.9. The first-order valence-electron chi connectivity index (χ1n) is 48.9. The van der Waals surface area contributed by atoms with E-state index in [0.717, 1.165) is 78.1 Å². The molecule has 138 heavy (non-hydrogen) atoms. The van der Waals surface area contributed by atoms with Crippen molar-refractivity contribution in [1.29, 1.82) is 0 Å². The van der Waals surface area contributed by atoms with Gasteiger partial charge in [-0.15, -0.1) is 0 Å². The second-order valence-corrected chi connectivity index (χ2v) is 48.3. The summed E-state index contributed by atoms with van der Waals surface area (Å²) in [5, 5.41) is 31.0. The van der Waals surface area contributed by atoms with Crippen LogP contribution in [0.15, 0.2) is 157 Å². The number of carbonyl (C=O) groups is 4. The summed E-state index contributed by atoms with van der Waals surface area (Å²) in [4.78, 5) is 81.2. The van der Waals surface area contributed by atoms with E-state index in [1.807, 2.05) is 259 Å². The summed E-state index contributed by atoms with van der Waals surface area (Å²) in [7, 11) is 2.09. The van der Waals surface area contributed by atoms with Crippen molar-refractivity contribution in [2.75, 3.05) is 32.8 Å². The van der Waals surface area contributed by atoms with Crippen LogP contribution >= 0.6 is 47.8 Å². The minimum Gasteiger partial charge on any atom is -0.442 e. The molecule has 8 fully saturated rings. The minimum absolute atomic E-state index is 0.00326. The van der Waals surface area contributed by atoms with Gasteiger partial charge in [0.15, 0.2) is 0 Å². The number of nitrogens with zero attached hydrogens (tertiary/aromatic N) is 6. The molecule has 0 spiro atoms. The molecule has 762 valence electrons. The third kappa shape index (κ3) is 28.4. The van der Waals surface area contributed by atoms with Gasteiger partial charge in [-0.05, 0) is 258 Å². The number of epoxide rings is 1. The number of hydrogen-bond donors (Lipinski definition) is 3. The van der Waals surface area contributed by atoms with Crippen LogP contribution in [0.3, 0.4) is 0 Å². The van der Waals surface area contributed by atoms with Gasteiger partial charge in [0.25, 0.3) is 11.1 Å². The number of benzene rings is 4. The Balaban J connectivity index is 0.000000190. The van der Waals surface area contributed by atoms with Gasteiger partial charge in [0.2, 0.25) is 0 Å². The fraction of sp³-hybridized carbons (Fsp3) is 0.642. The maximum absolute atomic E-state index is 13.0. The monoisotopic (exact) mass is 2100 g/mol. The van der Waals surface area contributed by atoms with Gasteiger partial charge in [-0.2, -0.15) is 0 Å². The molecule has 26 nitrogen and oxygen atoms in total. The summed E-state index contributed by atoms with van der Waals surface area (Å²) in [5.41, 5.74) is -0.365. The number of hydrogen-bond acceptors (Lipinski definition) is 20. The van der Waals surface area contributed by atoms with Gasteiger partial charge in [0.1, 0.15) is 22.4 Å². The van der Waals surface area contributed by atoms with Crippen LogP contribution in [0.2, 0.25) is 0 Å². The molecule has 0 radical (unpaired) electrons. The van der Waals surface area contributed by atoms with E-state index in [9.17, 15) is 44.1 Å². The highest BCUT2D eigenvalue weighted by atomic mass is 79.9. The molecular weight excluding hydrogens is 1950 g/mol. The summed E-state index contributed by atoms with van der Waals surface area (Å²) in [6, 6.07) is 38.7. The predicted molar refractivity (Wildman–Crippen MR) is 556 cm³/mol. The molecule has 4 aromatic carbocycles. The van der Waals surface area contributed by atoms with Crippen LogP contribution in [0.1, 0.15) is 312 Å². The average Bonchev–Trinajstić information content (AvgIpc) is 1.58. The molecule has 0 saturated carbocycles. The molecule has 10 heterocycles. The number of carbonyl (C=O) groups excluding carboxylic acids is 4. The number of halogens is 3. The molecule has 4 amide bonds. The van der Waals surface area contributed by atoms with Crippen molar-refractivity contribution in [2.45, 2.75) is 369 Å².